The van der Waals surface area contributed by atoms with Crippen molar-refractivity contribution in [3.63, 3.8) is 0 Å². The maximum absolute atomic E-state index is 13.0. The first-order valence-electron chi connectivity index (χ1n) is 29.7. The number of aliphatic hydroxyl groups excluding tert-OH is 3. The van der Waals surface area contributed by atoms with Crippen LogP contribution in [-0.2, 0) is 38.3 Å². The van der Waals surface area contributed by atoms with Gasteiger partial charge < -0.3 is 34.3 Å². The second-order valence-electron chi connectivity index (χ2n) is 20.2. The van der Waals surface area contributed by atoms with Gasteiger partial charge in [-0.05, 0) is 64.2 Å². The highest BCUT2D eigenvalue weighted by Gasteiger charge is 2.48. The smallest absolute Gasteiger partial charge is 0.397 e. The lowest BCUT2D eigenvalue weighted by Gasteiger charge is -2.41. The Morgan fingerprint density at radius 2 is 0.932 bits per heavy atom. The summed E-state index contributed by atoms with van der Waals surface area (Å²) in [5, 5.41) is 30.9. The molecule has 0 bridgehead atoms. The quantitative estimate of drug-likeness (QED) is 0.0196. The minimum atomic E-state index is -5.07. The molecule has 1 aliphatic rings. The van der Waals surface area contributed by atoms with Gasteiger partial charge in [0, 0.05) is 13.0 Å². The van der Waals surface area contributed by atoms with Crippen molar-refractivity contribution in [1.82, 2.24) is 0 Å². The summed E-state index contributed by atoms with van der Waals surface area (Å²) in [5.41, 5.74) is 0. The monoisotopic (exact) mass is 1060 g/mol. The topological polar surface area (TPSA) is 178 Å². The standard InChI is InChI=1S/C61H108O12S/c1-3-5-7-9-11-13-15-17-19-21-23-25-26-27-28-29-31-33-35-37-39-41-43-45-47-49-51-69-53-55(54-70-61-59(65)60(73-74(66,67)68)58(64)56(52-62)72-61)71-57(63)50-48-46-44-42-40-38-36-34-32-30-24-22-20-18-16-14-12-10-8-6-4-2/h5,7,11,13,17,19,23,25,27-28,31,33,55-56,58-62,64-65H,3-4,6,8-10,12,14-16,18,20-22,24,26,29-30,32,34-54H2,1-2H3,(H,66,67,68)/b7-5-,13-11-,19-17-,25-23-,28-27-,33-31-. The van der Waals surface area contributed by atoms with Crippen LogP contribution >= 0.6 is 0 Å². The summed E-state index contributed by atoms with van der Waals surface area (Å²) in [6, 6.07) is 0. The normalized spacial score (nSPS) is 19.2. The lowest BCUT2D eigenvalue weighted by Crippen LogP contribution is -2.60. The van der Waals surface area contributed by atoms with Crippen molar-refractivity contribution in [2.75, 3.05) is 26.4 Å². The summed E-state index contributed by atoms with van der Waals surface area (Å²) in [7, 11) is -5.07. The molecule has 430 valence electrons. The van der Waals surface area contributed by atoms with Gasteiger partial charge in [-0.25, -0.2) is 4.18 Å². The second kappa shape index (κ2) is 51.3. The Bertz CT molecular complexity index is 1560. The van der Waals surface area contributed by atoms with Gasteiger partial charge >= 0.3 is 16.4 Å². The van der Waals surface area contributed by atoms with Gasteiger partial charge in [0.1, 0.15) is 30.5 Å². The van der Waals surface area contributed by atoms with Crippen molar-refractivity contribution < 1.29 is 56.2 Å². The molecule has 0 amide bonds. The van der Waals surface area contributed by atoms with Gasteiger partial charge in [-0.3, -0.25) is 9.35 Å². The zero-order valence-electron chi connectivity index (χ0n) is 46.6. The maximum Gasteiger partial charge on any atom is 0.397 e. The molecule has 6 unspecified atom stereocenters. The molecule has 74 heavy (non-hydrogen) atoms. The first-order chi connectivity index (χ1) is 36.1. The lowest BCUT2D eigenvalue weighted by atomic mass is 9.99. The van der Waals surface area contributed by atoms with E-state index in [0.29, 0.717) is 13.0 Å². The number of rotatable bonds is 52. The van der Waals surface area contributed by atoms with E-state index in [9.17, 15) is 33.1 Å². The fourth-order valence-corrected chi connectivity index (χ4v) is 9.42. The molecule has 6 atom stereocenters. The third kappa shape index (κ3) is 43.6. The van der Waals surface area contributed by atoms with Gasteiger partial charge in [0.2, 0.25) is 0 Å². The van der Waals surface area contributed by atoms with Crippen LogP contribution in [0.3, 0.4) is 0 Å². The van der Waals surface area contributed by atoms with Crippen molar-refractivity contribution in [2.24, 2.45) is 0 Å². The number of hydrogen-bond acceptors (Lipinski definition) is 11. The molecule has 12 nitrogen and oxygen atoms in total. The summed E-state index contributed by atoms with van der Waals surface area (Å²) in [6.45, 7) is 3.89. The Kier molecular flexibility index (Phi) is 48.2. The molecule has 0 aliphatic carbocycles. The molecule has 13 heteroatoms. The van der Waals surface area contributed by atoms with Crippen LogP contribution < -0.4 is 0 Å². The van der Waals surface area contributed by atoms with Gasteiger partial charge in [0.15, 0.2) is 6.29 Å². The van der Waals surface area contributed by atoms with E-state index in [1.165, 1.54) is 128 Å². The largest absolute Gasteiger partial charge is 0.457 e. The number of esters is 1. The molecule has 1 fully saturated rings. The number of ether oxygens (including phenoxy) is 4. The van der Waals surface area contributed by atoms with E-state index >= 15 is 0 Å². The predicted octanol–water partition coefficient (Wildman–Crippen LogP) is 15.0. The lowest BCUT2D eigenvalue weighted by molar-refractivity contribution is -0.301. The van der Waals surface area contributed by atoms with Crippen LogP contribution in [0.1, 0.15) is 245 Å². The highest BCUT2D eigenvalue weighted by atomic mass is 32.3. The molecule has 1 saturated heterocycles. The maximum atomic E-state index is 13.0. The van der Waals surface area contributed by atoms with Gasteiger partial charge in [-0.15, -0.1) is 0 Å². The van der Waals surface area contributed by atoms with Gasteiger partial charge in [0.05, 0.1) is 19.8 Å². The fraction of sp³-hybridized carbons (Fsp3) is 0.787. The molecule has 0 aromatic rings. The van der Waals surface area contributed by atoms with Crippen molar-refractivity contribution >= 4 is 16.4 Å². The van der Waals surface area contributed by atoms with E-state index in [1.807, 2.05) is 0 Å². The highest BCUT2D eigenvalue weighted by molar-refractivity contribution is 7.80. The average molecular weight is 1070 g/mol. The number of hydrogen-bond donors (Lipinski definition) is 4. The minimum Gasteiger partial charge on any atom is -0.457 e. The Morgan fingerprint density at radius 3 is 1.36 bits per heavy atom. The van der Waals surface area contributed by atoms with Gasteiger partial charge in [-0.2, -0.15) is 8.42 Å². The zero-order valence-corrected chi connectivity index (χ0v) is 47.5. The van der Waals surface area contributed by atoms with E-state index in [0.717, 1.165) is 89.9 Å². The van der Waals surface area contributed by atoms with Crippen LogP contribution in [0.15, 0.2) is 72.9 Å². The molecule has 0 aromatic heterocycles. The Hall–Kier alpha value is -2.46. The second-order valence-corrected chi connectivity index (χ2v) is 21.3. The van der Waals surface area contributed by atoms with Gasteiger partial charge in [0.25, 0.3) is 0 Å². The molecule has 0 aromatic carbocycles. The molecule has 1 aliphatic heterocycles. The van der Waals surface area contributed by atoms with E-state index in [4.69, 9.17) is 18.9 Å². The fourth-order valence-electron chi connectivity index (χ4n) is 8.91. The SMILES string of the molecule is CC/C=C\C/C=C\C/C=C\C/C=C\C/C=C\C/C=C\CCCCCCCCCOCC(COC1OC(CO)C(O)C(OS(=O)(=O)O)C1O)OC(=O)CCCCCCCCCCCCCCCCCCCCCCC. The number of aliphatic hydroxyl groups is 3. The van der Waals surface area contributed by atoms with Crippen LogP contribution in [0.2, 0.25) is 0 Å². The summed E-state index contributed by atoms with van der Waals surface area (Å²) < 4.78 is 59.5. The molecule has 1 heterocycles. The molecular formula is C61H108O12S. The number of carbonyl (C=O) groups is 1. The van der Waals surface area contributed by atoms with Crippen LogP contribution in [0.25, 0.3) is 0 Å². The molecule has 0 spiro atoms. The summed E-state index contributed by atoms with van der Waals surface area (Å²) in [6.07, 6.45) is 59.4. The van der Waals surface area contributed by atoms with Crippen LogP contribution in [0.5, 0.6) is 0 Å². The zero-order chi connectivity index (χ0) is 53.8. The van der Waals surface area contributed by atoms with Gasteiger partial charge in [-0.1, -0.05) is 247 Å². The average Bonchev–Trinajstić information content (AvgIpc) is 3.38. The molecule has 1 rings (SSSR count). The van der Waals surface area contributed by atoms with E-state index in [2.05, 4.69) is 90.9 Å². The Morgan fingerprint density at radius 1 is 0.527 bits per heavy atom. The summed E-state index contributed by atoms with van der Waals surface area (Å²) >= 11 is 0. The molecule has 0 radical (unpaired) electrons. The highest BCUT2D eigenvalue weighted by Crippen LogP contribution is 2.26. The van der Waals surface area contributed by atoms with Crippen LogP contribution in [0.4, 0.5) is 0 Å². The third-order valence-electron chi connectivity index (χ3n) is 13.3. The van der Waals surface area contributed by atoms with Crippen LogP contribution in [-0.4, -0.2) is 97.5 Å². The van der Waals surface area contributed by atoms with E-state index < -0.39 is 59.8 Å². The van der Waals surface area contributed by atoms with Crippen molar-refractivity contribution in [3.8, 4) is 0 Å². The van der Waals surface area contributed by atoms with Crippen molar-refractivity contribution in [3.05, 3.63) is 72.9 Å². The summed E-state index contributed by atoms with van der Waals surface area (Å²) in [5.74, 6) is -0.401. The van der Waals surface area contributed by atoms with Crippen molar-refractivity contribution in [2.45, 2.75) is 282 Å². The third-order valence-corrected chi connectivity index (χ3v) is 13.8. The predicted molar refractivity (Wildman–Crippen MR) is 303 cm³/mol. The molecule has 4 N–H and O–H groups in total. The number of carbonyl (C=O) groups excluding carboxylic acids is 1. The summed E-state index contributed by atoms with van der Waals surface area (Å²) in [4.78, 5) is 13.0. The van der Waals surface area contributed by atoms with E-state index in [1.54, 1.807) is 0 Å². The molecular weight excluding hydrogens is 957 g/mol. The molecule has 0 saturated carbocycles. The minimum absolute atomic E-state index is 0.0272. The first kappa shape index (κ1) is 69.6. The van der Waals surface area contributed by atoms with E-state index in [-0.39, 0.29) is 19.6 Å². The Labute approximate surface area is 451 Å². The first-order valence-corrected chi connectivity index (χ1v) is 31.1. The number of unbranched alkanes of at least 4 members (excludes halogenated alkanes) is 27. The Balaban J connectivity index is 2.30. The van der Waals surface area contributed by atoms with Crippen molar-refractivity contribution in [1.29, 1.82) is 0 Å². The number of allylic oxidation sites excluding steroid dienone is 12. The van der Waals surface area contributed by atoms with Crippen LogP contribution in [0, 0.1) is 0 Å².